The molecule has 0 spiro atoms. The van der Waals surface area contributed by atoms with Crippen molar-refractivity contribution < 1.29 is 14.2 Å². The fourth-order valence-electron chi connectivity index (χ4n) is 3.73. The second-order valence-electron chi connectivity index (χ2n) is 9.52. The van der Waals surface area contributed by atoms with E-state index in [1.807, 2.05) is 19.1 Å². The van der Waals surface area contributed by atoms with E-state index in [0.29, 0.717) is 25.0 Å². The summed E-state index contributed by atoms with van der Waals surface area (Å²) in [7, 11) is 0. The summed E-state index contributed by atoms with van der Waals surface area (Å²) in [4.78, 5) is 0. The van der Waals surface area contributed by atoms with Gasteiger partial charge < -0.3 is 14.2 Å². The minimum Gasteiger partial charge on any atom is -0.491 e. The van der Waals surface area contributed by atoms with Crippen molar-refractivity contribution in [3.63, 3.8) is 0 Å². The first-order valence-electron chi connectivity index (χ1n) is 11.9. The molecule has 172 valence electrons. The van der Waals surface area contributed by atoms with Crippen LogP contribution in [-0.4, -0.2) is 19.5 Å². The van der Waals surface area contributed by atoms with Gasteiger partial charge in [-0.1, -0.05) is 72.2 Å². The summed E-state index contributed by atoms with van der Waals surface area (Å²) < 4.78 is 17.5. The van der Waals surface area contributed by atoms with E-state index in [4.69, 9.17) is 14.2 Å². The SMILES string of the molecule is CCCC(CC)c1ccc(OCCOC(C)Oc2ccc(C(C)C(C)(C)C)cc2)cc1. The zero-order valence-electron chi connectivity index (χ0n) is 20.6. The topological polar surface area (TPSA) is 27.7 Å². The average molecular weight is 427 g/mol. The number of benzene rings is 2. The summed E-state index contributed by atoms with van der Waals surface area (Å²) in [5.74, 6) is 2.84. The van der Waals surface area contributed by atoms with Gasteiger partial charge in [-0.15, -0.1) is 0 Å². The molecule has 3 nitrogen and oxygen atoms in total. The Hall–Kier alpha value is -2.00. The molecule has 0 amide bonds. The number of hydrogen-bond acceptors (Lipinski definition) is 3. The molecule has 2 aromatic rings. The van der Waals surface area contributed by atoms with Crippen LogP contribution in [0.3, 0.4) is 0 Å². The average Bonchev–Trinajstić information content (AvgIpc) is 2.75. The lowest BCUT2D eigenvalue weighted by atomic mass is 9.78. The molecule has 0 aliphatic heterocycles. The molecule has 31 heavy (non-hydrogen) atoms. The molecule has 0 fully saturated rings. The van der Waals surface area contributed by atoms with Gasteiger partial charge in [0, 0.05) is 0 Å². The first-order chi connectivity index (χ1) is 14.7. The quantitative estimate of drug-likeness (QED) is 0.254. The molecule has 0 radical (unpaired) electrons. The van der Waals surface area contributed by atoms with Gasteiger partial charge in [-0.05, 0) is 72.4 Å². The summed E-state index contributed by atoms with van der Waals surface area (Å²) >= 11 is 0. The molecule has 2 aromatic carbocycles. The molecule has 3 heteroatoms. The summed E-state index contributed by atoms with van der Waals surface area (Å²) in [6.45, 7) is 16.5. The van der Waals surface area contributed by atoms with E-state index in [-0.39, 0.29) is 11.7 Å². The van der Waals surface area contributed by atoms with Crippen molar-refractivity contribution in [2.75, 3.05) is 13.2 Å². The van der Waals surface area contributed by atoms with Crippen LogP contribution in [0.2, 0.25) is 0 Å². The highest BCUT2D eigenvalue weighted by Gasteiger charge is 2.21. The second kappa shape index (κ2) is 12.1. The first kappa shape index (κ1) is 25.3. The Morgan fingerprint density at radius 2 is 1.35 bits per heavy atom. The van der Waals surface area contributed by atoms with E-state index in [2.05, 4.69) is 77.9 Å². The van der Waals surface area contributed by atoms with Crippen molar-refractivity contribution in [2.24, 2.45) is 5.41 Å². The van der Waals surface area contributed by atoms with Gasteiger partial charge in [0.2, 0.25) is 0 Å². The van der Waals surface area contributed by atoms with Crippen LogP contribution < -0.4 is 9.47 Å². The number of rotatable bonds is 12. The molecular formula is C28H42O3. The van der Waals surface area contributed by atoms with E-state index in [9.17, 15) is 0 Å². The van der Waals surface area contributed by atoms with E-state index >= 15 is 0 Å². The van der Waals surface area contributed by atoms with Gasteiger partial charge in [0.05, 0.1) is 6.61 Å². The van der Waals surface area contributed by atoms with Crippen molar-refractivity contribution in [1.29, 1.82) is 0 Å². The lowest BCUT2D eigenvalue weighted by molar-refractivity contribution is -0.0739. The zero-order valence-corrected chi connectivity index (χ0v) is 20.6. The minimum absolute atomic E-state index is 0.242. The molecule has 0 heterocycles. The fraction of sp³-hybridized carbons (Fsp3) is 0.571. The summed E-state index contributed by atoms with van der Waals surface area (Å²) in [5.41, 5.74) is 2.97. The normalized spacial score (nSPS) is 14.7. The highest BCUT2D eigenvalue weighted by atomic mass is 16.7. The largest absolute Gasteiger partial charge is 0.491 e. The third kappa shape index (κ3) is 8.22. The van der Waals surface area contributed by atoms with E-state index < -0.39 is 0 Å². The van der Waals surface area contributed by atoms with E-state index in [1.165, 1.54) is 30.4 Å². The van der Waals surface area contributed by atoms with E-state index in [0.717, 1.165) is 11.5 Å². The molecule has 0 aromatic heterocycles. The number of ether oxygens (including phenoxy) is 3. The zero-order chi connectivity index (χ0) is 22.9. The van der Waals surface area contributed by atoms with Crippen LogP contribution in [0.1, 0.15) is 90.7 Å². The molecule has 0 N–H and O–H groups in total. The monoisotopic (exact) mass is 426 g/mol. The maximum absolute atomic E-state index is 5.89. The molecule has 0 saturated heterocycles. The Morgan fingerprint density at radius 3 is 1.90 bits per heavy atom. The lowest BCUT2D eigenvalue weighted by Crippen LogP contribution is -2.20. The Labute approximate surface area is 190 Å². The standard InChI is InChI=1S/C28H42O3/c1-8-10-23(9-2)25-13-15-26(16-14-25)30-20-19-29-22(4)31-27-17-11-24(12-18-27)21(3)28(5,6)7/h11-18,21-23H,8-10,19-20H2,1-7H3. The van der Waals surface area contributed by atoms with Crippen LogP contribution in [0.5, 0.6) is 11.5 Å². The molecule has 0 aliphatic carbocycles. The van der Waals surface area contributed by atoms with Crippen molar-refractivity contribution in [1.82, 2.24) is 0 Å². The van der Waals surface area contributed by atoms with Gasteiger partial charge in [-0.2, -0.15) is 0 Å². The first-order valence-corrected chi connectivity index (χ1v) is 11.9. The molecule has 0 saturated carbocycles. The third-order valence-corrected chi connectivity index (χ3v) is 6.17. The van der Waals surface area contributed by atoms with Crippen LogP contribution >= 0.6 is 0 Å². The van der Waals surface area contributed by atoms with Gasteiger partial charge >= 0.3 is 0 Å². The summed E-state index contributed by atoms with van der Waals surface area (Å²) in [6.07, 6.45) is 3.31. The van der Waals surface area contributed by atoms with Crippen LogP contribution in [0, 0.1) is 5.41 Å². The predicted octanol–water partition coefficient (Wildman–Crippen LogP) is 7.95. The lowest BCUT2D eigenvalue weighted by Gasteiger charge is -2.27. The van der Waals surface area contributed by atoms with Crippen molar-refractivity contribution in [3.8, 4) is 11.5 Å². The molecule has 2 rings (SSSR count). The van der Waals surface area contributed by atoms with Crippen molar-refractivity contribution >= 4 is 0 Å². The minimum atomic E-state index is -0.323. The second-order valence-corrected chi connectivity index (χ2v) is 9.52. The van der Waals surface area contributed by atoms with Gasteiger partial charge in [0.15, 0.2) is 6.29 Å². The highest BCUT2D eigenvalue weighted by Crippen LogP contribution is 2.35. The van der Waals surface area contributed by atoms with Gasteiger partial charge in [0.1, 0.15) is 18.1 Å². The van der Waals surface area contributed by atoms with Gasteiger partial charge in [-0.3, -0.25) is 0 Å². The van der Waals surface area contributed by atoms with Crippen LogP contribution in [0.15, 0.2) is 48.5 Å². The van der Waals surface area contributed by atoms with Crippen molar-refractivity contribution in [3.05, 3.63) is 59.7 Å². The predicted molar refractivity (Wildman–Crippen MR) is 130 cm³/mol. The molecule has 0 bridgehead atoms. The summed E-state index contributed by atoms with van der Waals surface area (Å²) in [5, 5.41) is 0. The fourth-order valence-corrected chi connectivity index (χ4v) is 3.73. The Morgan fingerprint density at radius 1 is 0.774 bits per heavy atom. The summed E-state index contributed by atoms with van der Waals surface area (Å²) in [6, 6.07) is 16.9. The number of hydrogen-bond donors (Lipinski definition) is 0. The van der Waals surface area contributed by atoms with Crippen LogP contribution in [0.25, 0.3) is 0 Å². The molecular weight excluding hydrogens is 384 g/mol. The molecule has 3 atom stereocenters. The smallest absolute Gasteiger partial charge is 0.197 e. The van der Waals surface area contributed by atoms with Crippen LogP contribution in [0.4, 0.5) is 0 Å². The van der Waals surface area contributed by atoms with Crippen molar-refractivity contribution in [2.45, 2.75) is 85.9 Å². The van der Waals surface area contributed by atoms with Crippen LogP contribution in [-0.2, 0) is 4.74 Å². The molecule has 3 unspecified atom stereocenters. The highest BCUT2D eigenvalue weighted by molar-refractivity contribution is 5.30. The third-order valence-electron chi connectivity index (χ3n) is 6.17. The van der Waals surface area contributed by atoms with Gasteiger partial charge in [-0.25, -0.2) is 0 Å². The Bertz CT molecular complexity index is 743. The maximum atomic E-state index is 5.89. The Kier molecular flexibility index (Phi) is 9.90. The Balaban J connectivity index is 1.73. The molecule has 0 aliphatic rings. The van der Waals surface area contributed by atoms with E-state index in [1.54, 1.807) is 0 Å². The van der Waals surface area contributed by atoms with Gasteiger partial charge in [0.25, 0.3) is 0 Å². The maximum Gasteiger partial charge on any atom is 0.197 e.